The van der Waals surface area contributed by atoms with Crippen LogP contribution in [0.2, 0.25) is 25.7 Å². The Hall–Kier alpha value is -6.44. The minimum atomic E-state index is -1.16. The maximum Gasteiger partial charge on any atom is 0.221 e. The van der Waals surface area contributed by atoms with Gasteiger partial charge in [-0.2, -0.15) is 10.2 Å². The first-order chi connectivity index (χ1) is 30.9. The monoisotopic (exact) mass is 900 g/mol. The van der Waals surface area contributed by atoms with Gasteiger partial charge in [0.15, 0.2) is 0 Å². The molecule has 2 heterocycles. The fourth-order valence-electron chi connectivity index (χ4n) is 6.64. The quantitative estimate of drug-likeness (QED) is 0.0693. The molecule has 0 saturated heterocycles. The number of hydrogen-bond donors (Lipinski definition) is 3. The normalized spacial score (nSPS) is 11.6. The number of fused-ring (bicyclic) bond motifs is 2. The van der Waals surface area contributed by atoms with Crippen molar-refractivity contribution in [2.24, 2.45) is 0 Å². The fourth-order valence-corrected chi connectivity index (χ4v) is 9.22. The van der Waals surface area contributed by atoms with E-state index in [0.29, 0.717) is 6.73 Å². The Morgan fingerprint density at radius 3 is 1.72 bits per heavy atom. The summed E-state index contributed by atoms with van der Waals surface area (Å²) in [7, 11) is -1.16. The Labute approximate surface area is 384 Å². The first kappa shape index (κ1) is 45.6. The van der Waals surface area contributed by atoms with Crippen molar-refractivity contribution in [1.29, 1.82) is 0 Å². The zero-order chi connectivity index (χ0) is 44.9. The molecule has 0 radical (unpaired) electrons. The van der Waals surface area contributed by atoms with Gasteiger partial charge in [0.1, 0.15) is 6.73 Å². The van der Waals surface area contributed by atoms with Crippen molar-refractivity contribution in [3.05, 3.63) is 168 Å². The molecule has 64 heavy (non-hydrogen) atoms. The van der Waals surface area contributed by atoms with Crippen LogP contribution >= 0.6 is 23.5 Å². The number of aromatic amines is 1. The van der Waals surface area contributed by atoms with Crippen LogP contribution in [0.4, 0.5) is 11.4 Å². The number of hydrogen-bond acceptors (Lipinski definition) is 7. The molecule has 0 fully saturated rings. The van der Waals surface area contributed by atoms with Gasteiger partial charge in [-0.3, -0.25) is 14.7 Å². The van der Waals surface area contributed by atoms with Crippen LogP contribution in [0.25, 0.3) is 46.1 Å². The lowest BCUT2D eigenvalue weighted by Gasteiger charge is -2.15. The molecular formula is C52H52N6O3S2Si. The van der Waals surface area contributed by atoms with E-state index >= 15 is 0 Å². The Bertz CT molecular complexity index is 2900. The Balaban J connectivity index is 0.000000197. The Morgan fingerprint density at radius 1 is 0.625 bits per heavy atom. The number of nitrogens with zero attached hydrogens (tertiary/aromatic N) is 3. The van der Waals surface area contributed by atoms with E-state index in [1.165, 1.54) is 13.8 Å². The molecule has 0 aliphatic rings. The number of anilines is 2. The molecule has 0 spiro atoms. The summed E-state index contributed by atoms with van der Waals surface area (Å²) in [5.41, 5.74) is 7.75. The van der Waals surface area contributed by atoms with E-state index in [2.05, 4.69) is 119 Å². The molecule has 2 amide bonds. The molecule has 0 atom stereocenters. The lowest BCUT2D eigenvalue weighted by molar-refractivity contribution is -0.115. The summed E-state index contributed by atoms with van der Waals surface area (Å²) in [5.74, 6) is -0.148. The number of carbonyl (C=O) groups excluding carboxylic acids is 2. The molecule has 324 valence electrons. The van der Waals surface area contributed by atoms with E-state index in [1.54, 1.807) is 23.5 Å². The van der Waals surface area contributed by atoms with Crippen molar-refractivity contribution >= 4 is 101 Å². The van der Waals surface area contributed by atoms with E-state index < -0.39 is 8.07 Å². The molecular weight excluding hydrogens is 849 g/mol. The SMILES string of the molecule is CC(=O)Nc1cccc(Sc2ccc3c(/C=C/c4ccccc4)n[nH]c3c2)c1.CC(=O)Nc1cccc(Sc2ccc3c(/C=C/c4ccccc4)nn(COCC[Si](C)(C)C)c3c2)c1. The number of amides is 2. The predicted octanol–water partition coefficient (Wildman–Crippen LogP) is 13.5. The van der Waals surface area contributed by atoms with Gasteiger partial charge in [0.2, 0.25) is 11.8 Å². The second kappa shape index (κ2) is 21.8. The Morgan fingerprint density at radius 2 is 1.16 bits per heavy atom. The predicted molar refractivity (Wildman–Crippen MR) is 270 cm³/mol. The molecule has 0 aliphatic heterocycles. The van der Waals surface area contributed by atoms with Crippen LogP contribution in [0.3, 0.4) is 0 Å². The summed E-state index contributed by atoms with van der Waals surface area (Å²) < 4.78 is 8.02. The minimum absolute atomic E-state index is 0.0721. The highest BCUT2D eigenvalue weighted by atomic mass is 32.2. The number of benzene rings is 6. The van der Waals surface area contributed by atoms with Crippen LogP contribution in [0.1, 0.15) is 36.4 Å². The van der Waals surface area contributed by atoms with E-state index in [1.807, 2.05) is 95.7 Å². The summed E-state index contributed by atoms with van der Waals surface area (Å²) in [6.07, 6.45) is 8.25. The third-order valence-corrected chi connectivity index (χ3v) is 13.4. The van der Waals surface area contributed by atoms with Gasteiger partial charge in [-0.1, -0.05) is 128 Å². The highest BCUT2D eigenvalue weighted by Gasteiger charge is 2.14. The smallest absolute Gasteiger partial charge is 0.221 e. The van der Waals surface area contributed by atoms with Gasteiger partial charge in [0, 0.05) is 70.3 Å². The number of carbonyl (C=O) groups is 2. The lowest BCUT2D eigenvalue weighted by atomic mass is 10.1. The Kier molecular flexibility index (Phi) is 15.5. The van der Waals surface area contributed by atoms with Gasteiger partial charge in [-0.25, -0.2) is 4.68 Å². The summed E-state index contributed by atoms with van der Waals surface area (Å²) in [4.78, 5) is 27.0. The maximum absolute atomic E-state index is 11.4. The molecule has 12 heteroatoms. The molecule has 8 aromatic rings. The van der Waals surface area contributed by atoms with Gasteiger partial charge in [0.05, 0.1) is 22.4 Å². The van der Waals surface area contributed by atoms with Crippen LogP contribution in [0.5, 0.6) is 0 Å². The summed E-state index contributed by atoms with van der Waals surface area (Å²) in [6, 6.07) is 49.9. The van der Waals surface area contributed by atoms with E-state index in [0.717, 1.165) is 87.9 Å². The third-order valence-electron chi connectivity index (χ3n) is 9.77. The van der Waals surface area contributed by atoms with E-state index in [9.17, 15) is 9.59 Å². The minimum Gasteiger partial charge on any atom is -0.360 e. The molecule has 8 rings (SSSR count). The number of nitrogens with one attached hydrogen (secondary N) is 3. The maximum atomic E-state index is 11.4. The molecule has 0 aliphatic carbocycles. The number of aromatic nitrogens is 4. The van der Waals surface area contributed by atoms with Gasteiger partial charge >= 0.3 is 0 Å². The van der Waals surface area contributed by atoms with Crippen molar-refractivity contribution in [3.63, 3.8) is 0 Å². The highest BCUT2D eigenvalue weighted by Crippen LogP contribution is 2.34. The van der Waals surface area contributed by atoms with Gasteiger partial charge in [-0.05, 0) is 102 Å². The molecule has 0 unspecified atom stereocenters. The van der Waals surface area contributed by atoms with E-state index in [4.69, 9.17) is 9.84 Å². The lowest BCUT2D eigenvalue weighted by Crippen LogP contribution is -2.22. The summed E-state index contributed by atoms with van der Waals surface area (Å²) in [6.45, 7) is 11.3. The fraction of sp³-hybridized carbons (Fsp3) is 0.154. The zero-order valence-corrected chi connectivity index (χ0v) is 39.3. The van der Waals surface area contributed by atoms with Crippen molar-refractivity contribution in [2.45, 2.75) is 65.8 Å². The van der Waals surface area contributed by atoms with Crippen molar-refractivity contribution in [1.82, 2.24) is 20.0 Å². The number of H-pyrrole nitrogens is 1. The molecule has 3 N–H and O–H groups in total. The van der Waals surface area contributed by atoms with Gasteiger partial charge < -0.3 is 15.4 Å². The number of rotatable bonds is 15. The topological polar surface area (TPSA) is 114 Å². The summed E-state index contributed by atoms with van der Waals surface area (Å²) in [5, 5.41) is 20.3. The van der Waals surface area contributed by atoms with Gasteiger partial charge in [-0.15, -0.1) is 0 Å². The number of ether oxygens (including phenoxy) is 1. The second-order valence-corrected chi connectivity index (χ2v) is 24.3. The summed E-state index contributed by atoms with van der Waals surface area (Å²) >= 11 is 3.30. The molecule has 0 bridgehead atoms. The third kappa shape index (κ3) is 13.5. The largest absolute Gasteiger partial charge is 0.360 e. The van der Waals surface area contributed by atoms with Crippen LogP contribution < -0.4 is 10.6 Å². The van der Waals surface area contributed by atoms with Crippen LogP contribution in [-0.4, -0.2) is 46.5 Å². The highest BCUT2D eigenvalue weighted by molar-refractivity contribution is 7.99. The van der Waals surface area contributed by atoms with E-state index in [-0.39, 0.29) is 11.8 Å². The first-order valence-electron chi connectivity index (χ1n) is 21.1. The standard InChI is InChI=1S/C29H33N3O2SSi.C23H19N3OS/c1-22(33)30-24-11-8-12-25(19-24)35-26-14-15-27-28(16-13-23-9-6-5-7-10-23)31-32(29(27)20-26)21-34-17-18-36(2,3)4;1-16(27)24-18-8-5-9-19(14-18)28-20-11-12-21-22(25-26-23(21)15-20)13-10-17-6-3-2-4-7-17/h5-16,19-20H,17-18,21H2,1-4H3,(H,30,33);2-15H,1H3,(H,24,27)(H,25,26)/b16-13+;13-10+. The zero-order valence-electron chi connectivity index (χ0n) is 36.7. The molecule has 9 nitrogen and oxygen atoms in total. The molecule has 2 aromatic heterocycles. The second-order valence-electron chi connectivity index (χ2n) is 16.3. The van der Waals surface area contributed by atoms with Crippen molar-refractivity contribution in [2.75, 3.05) is 17.2 Å². The average molecular weight is 901 g/mol. The van der Waals surface area contributed by atoms with Crippen molar-refractivity contribution < 1.29 is 14.3 Å². The first-order valence-corrected chi connectivity index (χ1v) is 26.4. The van der Waals surface area contributed by atoms with Crippen LogP contribution in [0, 0.1) is 0 Å². The molecule has 6 aromatic carbocycles. The van der Waals surface area contributed by atoms with Gasteiger partial charge in [0.25, 0.3) is 0 Å². The van der Waals surface area contributed by atoms with Crippen LogP contribution in [-0.2, 0) is 21.1 Å². The molecule has 0 saturated carbocycles. The average Bonchev–Trinajstić information content (AvgIpc) is 3.84. The van der Waals surface area contributed by atoms with Crippen LogP contribution in [0.15, 0.2) is 165 Å². The van der Waals surface area contributed by atoms with Crippen molar-refractivity contribution in [3.8, 4) is 0 Å².